The largest absolute Gasteiger partial charge is 0.352 e. The molecule has 1 N–H and O–H groups in total. The number of halogens is 2. The average molecular weight is 508 g/mol. The van der Waals surface area contributed by atoms with E-state index < -0.39 is 6.04 Å². The Balaban J connectivity index is 1.68. The Kier molecular flexibility index (Phi) is 9.96. The summed E-state index contributed by atoms with van der Waals surface area (Å²) in [5, 5.41) is 4.37. The summed E-state index contributed by atoms with van der Waals surface area (Å²) in [6, 6.07) is 13.1. The molecule has 1 saturated carbocycles. The average Bonchev–Trinajstić information content (AvgIpc) is 2.79. The van der Waals surface area contributed by atoms with Gasteiger partial charge in [0.25, 0.3) is 0 Å². The molecule has 0 bridgehead atoms. The van der Waals surface area contributed by atoms with Crippen LogP contribution in [0.2, 0.25) is 10.0 Å². The second-order valence-electron chi connectivity index (χ2n) is 8.72. The van der Waals surface area contributed by atoms with Crippen LogP contribution in [0.25, 0.3) is 0 Å². The van der Waals surface area contributed by atoms with Crippen molar-refractivity contribution in [2.75, 3.05) is 5.75 Å². The van der Waals surface area contributed by atoms with Gasteiger partial charge in [0.05, 0.1) is 5.75 Å². The second-order valence-corrected chi connectivity index (χ2v) is 10.5. The first kappa shape index (κ1) is 25.9. The molecule has 2 aromatic carbocycles. The molecule has 0 unspecified atom stereocenters. The van der Waals surface area contributed by atoms with Crippen molar-refractivity contribution < 1.29 is 9.59 Å². The number of hydrogen-bond donors (Lipinski definition) is 1. The predicted molar refractivity (Wildman–Crippen MR) is 139 cm³/mol. The standard InChI is InChI=1S/C26H32Cl2N2O2S/c1-18-8-6-9-20(14-18)15-30(19(2)26(32)29-21-10-4-3-5-11-21)25(31)17-33-16-22-23(27)12-7-13-24(22)28/h6-9,12-14,19,21H,3-5,10-11,15-17H2,1-2H3,(H,29,32)/t19-/m1/s1. The Hall–Kier alpha value is -1.69. The van der Waals surface area contributed by atoms with Crippen LogP contribution < -0.4 is 5.32 Å². The highest BCUT2D eigenvalue weighted by molar-refractivity contribution is 7.99. The lowest BCUT2D eigenvalue weighted by molar-refractivity contribution is -0.139. The Morgan fingerprint density at radius 1 is 1.09 bits per heavy atom. The lowest BCUT2D eigenvalue weighted by atomic mass is 9.95. The lowest BCUT2D eigenvalue weighted by Gasteiger charge is -2.31. The van der Waals surface area contributed by atoms with E-state index in [4.69, 9.17) is 23.2 Å². The Morgan fingerprint density at radius 3 is 2.42 bits per heavy atom. The van der Waals surface area contributed by atoms with Crippen LogP contribution in [-0.4, -0.2) is 34.6 Å². The van der Waals surface area contributed by atoms with Crippen molar-refractivity contribution in [3.63, 3.8) is 0 Å². The molecule has 1 aliphatic carbocycles. The van der Waals surface area contributed by atoms with E-state index in [1.54, 1.807) is 23.1 Å². The highest BCUT2D eigenvalue weighted by Crippen LogP contribution is 2.28. The molecule has 1 fully saturated rings. The minimum absolute atomic E-state index is 0.0732. The van der Waals surface area contributed by atoms with Crippen molar-refractivity contribution in [3.8, 4) is 0 Å². The number of nitrogens with one attached hydrogen (secondary N) is 1. The first-order valence-electron chi connectivity index (χ1n) is 11.5. The van der Waals surface area contributed by atoms with Gasteiger partial charge in [-0.2, -0.15) is 0 Å². The van der Waals surface area contributed by atoms with Crippen LogP contribution in [-0.2, 0) is 21.9 Å². The van der Waals surface area contributed by atoms with E-state index in [-0.39, 0.29) is 23.6 Å². The first-order valence-corrected chi connectivity index (χ1v) is 13.4. The number of carbonyl (C=O) groups is 2. The fourth-order valence-electron chi connectivity index (χ4n) is 4.15. The van der Waals surface area contributed by atoms with Crippen molar-refractivity contribution in [3.05, 3.63) is 69.2 Å². The van der Waals surface area contributed by atoms with Crippen LogP contribution in [0.15, 0.2) is 42.5 Å². The minimum Gasteiger partial charge on any atom is -0.352 e. The minimum atomic E-state index is -0.551. The van der Waals surface area contributed by atoms with Crippen LogP contribution >= 0.6 is 35.0 Å². The zero-order valence-corrected chi connectivity index (χ0v) is 21.6. The van der Waals surface area contributed by atoms with E-state index in [9.17, 15) is 9.59 Å². The van der Waals surface area contributed by atoms with E-state index in [0.29, 0.717) is 22.3 Å². The van der Waals surface area contributed by atoms with Gasteiger partial charge >= 0.3 is 0 Å². The second kappa shape index (κ2) is 12.7. The third-order valence-electron chi connectivity index (χ3n) is 6.09. The summed E-state index contributed by atoms with van der Waals surface area (Å²) in [5.41, 5.74) is 2.97. The summed E-state index contributed by atoms with van der Waals surface area (Å²) in [6.45, 7) is 4.24. The summed E-state index contributed by atoms with van der Waals surface area (Å²) in [7, 11) is 0. The van der Waals surface area contributed by atoms with Crippen molar-refractivity contribution >= 4 is 46.8 Å². The number of aryl methyl sites for hydroxylation is 1. The number of rotatable bonds is 9. The van der Waals surface area contributed by atoms with Crippen LogP contribution in [0.1, 0.15) is 55.7 Å². The quantitative estimate of drug-likeness (QED) is 0.427. The zero-order valence-electron chi connectivity index (χ0n) is 19.3. The molecule has 0 heterocycles. The van der Waals surface area contributed by atoms with Crippen LogP contribution in [0.3, 0.4) is 0 Å². The van der Waals surface area contributed by atoms with Crippen molar-refractivity contribution in [2.45, 2.75) is 70.3 Å². The number of hydrogen-bond acceptors (Lipinski definition) is 3. The fraction of sp³-hybridized carbons (Fsp3) is 0.462. The predicted octanol–water partition coefficient (Wildman–Crippen LogP) is 6.40. The maximum absolute atomic E-state index is 13.3. The Bertz CT molecular complexity index is 943. The number of amides is 2. The maximum Gasteiger partial charge on any atom is 0.242 e. The summed E-state index contributed by atoms with van der Waals surface area (Å²) in [6.07, 6.45) is 5.54. The third kappa shape index (κ3) is 7.66. The van der Waals surface area contributed by atoms with E-state index >= 15 is 0 Å². The SMILES string of the molecule is Cc1cccc(CN(C(=O)CSCc2c(Cl)cccc2Cl)[C@H](C)C(=O)NC2CCCCC2)c1. The maximum atomic E-state index is 13.3. The normalized spacial score (nSPS) is 15.2. The van der Waals surface area contributed by atoms with E-state index in [0.717, 1.165) is 42.4 Å². The molecule has 0 aliphatic heterocycles. The summed E-state index contributed by atoms with van der Waals surface area (Å²) in [4.78, 5) is 28.0. The van der Waals surface area contributed by atoms with Gasteiger partial charge in [-0.15, -0.1) is 11.8 Å². The molecule has 1 atom stereocenters. The molecule has 2 aromatic rings. The van der Waals surface area contributed by atoms with Crippen LogP contribution in [0.5, 0.6) is 0 Å². The number of carbonyl (C=O) groups excluding carboxylic acids is 2. The lowest BCUT2D eigenvalue weighted by Crippen LogP contribution is -2.50. The third-order valence-corrected chi connectivity index (χ3v) is 7.74. The van der Waals surface area contributed by atoms with Gasteiger partial charge in [0.2, 0.25) is 11.8 Å². The molecule has 7 heteroatoms. The van der Waals surface area contributed by atoms with Crippen molar-refractivity contribution in [2.24, 2.45) is 0 Å². The van der Waals surface area contributed by atoms with Crippen molar-refractivity contribution in [1.82, 2.24) is 10.2 Å². The van der Waals surface area contributed by atoms with Gasteiger partial charge in [0, 0.05) is 28.4 Å². The highest BCUT2D eigenvalue weighted by atomic mass is 35.5. The van der Waals surface area contributed by atoms with E-state index in [2.05, 4.69) is 11.4 Å². The molecule has 1 aliphatic rings. The monoisotopic (exact) mass is 506 g/mol. The Morgan fingerprint density at radius 2 is 1.76 bits per heavy atom. The zero-order chi connectivity index (χ0) is 23.8. The Labute approximate surface area is 211 Å². The molecule has 0 radical (unpaired) electrons. The summed E-state index contributed by atoms with van der Waals surface area (Å²) < 4.78 is 0. The van der Waals surface area contributed by atoms with Gasteiger partial charge in [0.1, 0.15) is 6.04 Å². The number of benzene rings is 2. The summed E-state index contributed by atoms with van der Waals surface area (Å²) >= 11 is 14.0. The fourth-order valence-corrected chi connectivity index (χ4v) is 5.80. The molecule has 0 aromatic heterocycles. The molecule has 4 nitrogen and oxygen atoms in total. The molecule has 2 amide bonds. The number of thioether (sulfide) groups is 1. The van der Waals surface area contributed by atoms with Gasteiger partial charge < -0.3 is 10.2 Å². The molecule has 3 rings (SSSR count). The summed E-state index contributed by atoms with van der Waals surface area (Å²) in [5.74, 6) is 0.623. The molecular formula is C26H32Cl2N2O2S. The van der Waals surface area contributed by atoms with Crippen LogP contribution in [0.4, 0.5) is 0 Å². The molecule has 33 heavy (non-hydrogen) atoms. The van der Waals surface area contributed by atoms with Gasteiger partial charge in [-0.25, -0.2) is 0 Å². The smallest absolute Gasteiger partial charge is 0.242 e. The van der Waals surface area contributed by atoms with E-state index in [1.807, 2.05) is 32.0 Å². The molecule has 178 valence electrons. The van der Waals surface area contributed by atoms with Crippen LogP contribution in [0, 0.1) is 6.92 Å². The molecule has 0 saturated heterocycles. The molecular weight excluding hydrogens is 475 g/mol. The highest BCUT2D eigenvalue weighted by Gasteiger charge is 2.28. The first-order chi connectivity index (χ1) is 15.8. The van der Waals surface area contributed by atoms with Gasteiger partial charge in [0.15, 0.2) is 0 Å². The van der Waals surface area contributed by atoms with Crippen molar-refractivity contribution in [1.29, 1.82) is 0 Å². The van der Waals surface area contributed by atoms with E-state index in [1.165, 1.54) is 18.2 Å². The molecule has 0 spiro atoms. The topological polar surface area (TPSA) is 49.4 Å². The van der Waals surface area contributed by atoms with Gasteiger partial charge in [-0.3, -0.25) is 9.59 Å². The van der Waals surface area contributed by atoms with Gasteiger partial charge in [-0.1, -0.05) is 78.4 Å². The van der Waals surface area contributed by atoms with Gasteiger partial charge in [-0.05, 0) is 49.9 Å². The number of nitrogens with zero attached hydrogens (tertiary/aromatic N) is 1.